The quantitative estimate of drug-likeness (QED) is 0.691. The summed E-state index contributed by atoms with van der Waals surface area (Å²) in [6.07, 6.45) is 1.58. The highest BCUT2D eigenvalue weighted by atomic mass is 16.5. The van der Waals surface area contributed by atoms with Crippen LogP contribution in [0.1, 0.15) is 25.8 Å². The van der Waals surface area contributed by atoms with Gasteiger partial charge < -0.3 is 9.15 Å². The van der Waals surface area contributed by atoms with E-state index in [1.54, 1.807) is 6.26 Å². The summed E-state index contributed by atoms with van der Waals surface area (Å²) in [5.41, 5.74) is -0.0859. The molecule has 2 heterocycles. The van der Waals surface area contributed by atoms with Crippen LogP contribution in [-0.4, -0.2) is 12.1 Å². The fourth-order valence-corrected chi connectivity index (χ4v) is 1.34. The maximum Gasteiger partial charge on any atom is 0.167 e. The van der Waals surface area contributed by atoms with Crippen LogP contribution in [0.3, 0.4) is 0 Å². The van der Waals surface area contributed by atoms with Crippen molar-refractivity contribution in [2.75, 3.05) is 6.54 Å². The Morgan fingerprint density at radius 3 is 2.92 bits per heavy atom. The number of furan rings is 1. The number of nitrogens with one attached hydrogen (secondary N) is 1. The Morgan fingerprint density at radius 1 is 1.58 bits per heavy atom. The second kappa shape index (κ2) is 2.61. The van der Waals surface area contributed by atoms with Crippen molar-refractivity contribution in [1.82, 2.24) is 5.32 Å². The molecule has 1 aromatic heterocycles. The first-order valence-corrected chi connectivity index (χ1v) is 4.12. The molecule has 2 rings (SSSR count). The van der Waals surface area contributed by atoms with Gasteiger partial charge in [-0.1, -0.05) is 0 Å². The van der Waals surface area contributed by atoms with Crippen LogP contribution < -0.4 is 5.32 Å². The summed E-state index contributed by atoms with van der Waals surface area (Å²) in [7, 11) is 0. The lowest BCUT2D eigenvalue weighted by molar-refractivity contribution is -0.0250. The van der Waals surface area contributed by atoms with E-state index in [9.17, 15) is 0 Å². The van der Waals surface area contributed by atoms with Gasteiger partial charge in [0.1, 0.15) is 5.76 Å². The summed E-state index contributed by atoms with van der Waals surface area (Å²) in [6, 6.07) is 3.78. The van der Waals surface area contributed by atoms with Crippen molar-refractivity contribution in [3.63, 3.8) is 0 Å². The fraction of sp³-hybridized carbons (Fsp3) is 0.556. The molecule has 1 atom stereocenters. The van der Waals surface area contributed by atoms with Gasteiger partial charge in [0.05, 0.1) is 11.9 Å². The zero-order valence-corrected chi connectivity index (χ0v) is 7.33. The van der Waals surface area contributed by atoms with E-state index in [2.05, 4.69) is 19.2 Å². The Kier molecular flexibility index (Phi) is 1.70. The van der Waals surface area contributed by atoms with E-state index >= 15 is 0 Å². The summed E-state index contributed by atoms with van der Waals surface area (Å²) in [5, 5.41) is 3.23. The first-order chi connectivity index (χ1) is 5.67. The summed E-state index contributed by atoms with van der Waals surface area (Å²) in [6.45, 7) is 4.98. The smallest absolute Gasteiger partial charge is 0.167 e. The van der Waals surface area contributed by atoms with Gasteiger partial charge in [-0.25, -0.2) is 0 Å². The molecular weight excluding hydrogens is 154 g/mol. The van der Waals surface area contributed by atoms with Gasteiger partial charge in [0.2, 0.25) is 0 Å². The molecule has 0 radical (unpaired) electrons. The van der Waals surface area contributed by atoms with Crippen molar-refractivity contribution < 1.29 is 9.15 Å². The average Bonchev–Trinajstić information content (AvgIpc) is 2.55. The molecule has 1 aliphatic rings. The van der Waals surface area contributed by atoms with Gasteiger partial charge in [-0.2, -0.15) is 0 Å². The minimum atomic E-state index is -0.0859. The van der Waals surface area contributed by atoms with Gasteiger partial charge >= 0.3 is 0 Å². The standard InChI is InChI=1S/C9H13NO2/c1-9(2)6-10-8(12-9)7-4-3-5-11-7/h3-5,8,10H,6H2,1-2H3. The lowest BCUT2D eigenvalue weighted by Gasteiger charge is -2.16. The van der Waals surface area contributed by atoms with Gasteiger partial charge in [-0.05, 0) is 26.0 Å². The molecule has 66 valence electrons. The van der Waals surface area contributed by atoms with Crippen LogP contribution in [-0.2, 0) is 4.74 Å². The third-order valence-electron chi connectivity index (χ3n) is 1.95. The maximum absolute atomic E-state index is 5.69. The third-order valence-corrected chi connectivity index (χ3v) is 1.95. The maximum atomic E-state index is 5.69. The average molecular weight is 167 g/mol. The van der Waals surface area contributed by atoms with Gasteiger partial charge in [0, 0.05) is 6.54 Å². The third kappa shape index (κ3) is 1.38. The lowest BCUT2D eigenvalue weighted by atomic mass is 10.1. The largest absolute Gasteiger partial charge is 0.465 e. The van der Waals surface area contributed by atoms with Crippen LogP contribution in [0.4, 0.5) is 0 Å². The lowest BCUT2D eigenvalue weighted by Crippen LogP contribution is -2.23. The van der Waals surface area contributed by atoms with E-state index in [-0.39, 0.29) is 11.8 Å². The van der Waals surface area contributed by atoms with Crippen LogP contribution in [0.2, 0.25) is 0 Å². The molecule has 1 saturated heterocycles. The molecule has 0 aromatic carbocycles. The van der Waals surface area contributed by atoms with E-state index in [4.69, 9.17) is 9.15 Å². The van der Waals surface area contributed by atoms with E-state index < -0.39 is 0 Å². The molecule has 0 spiro atoms. The van der Waals surface area contributed by atoms with Crippen molar-refractivity contribution in [1.29, 1.82) is 0 Å². The van der Waals surface area contributed by atoms with E-state index in [1.165, 1.54) is 0 Å². The summed E-state index contributed by atoms with van der Waals surface area (Å²) in [4.78, 5) is 0. The predicted molar refractivity (Wildman–Crippen MR) is 44.6 cm³/mol. The summed E-state index contributed by atoms with van der Waals surface area (Å²) in [5.74, 6) is 0.848. The van der Waals surface area contributed by atoms with Crippen LogP contribution in [0.15, 0.2) is 22.8 Å². The molecule has 3 heteroatoms. The van der Waals surface area contributed by atoms with E-state index in [0.717, 1.165) is 12.3 Å². The van der Waals surface area contributed by atoms with Crippen molar-refractivity contribution >= 4 is 0 Å². The fourth-order valence-electron chi connectivity index (χ4n) is 1.34. The Balaban J connectivity index is 2.10. The molecular formula is C9H13NO2. The monoisotopic (exact) mass is 167 g/mol. The molecule has 0 bridgehead atoms. The molecule has 1 fully saturated rings. The Hall–Kier alpha value is -0.800. The van der Waals surface area contributed by atoms with E-state index in [0.29, 0.717) is 0 Å². The van der Waals surface area contributed by atoms with Crippen molar-refractivity contribution in [2.24, 2.45) is 0 Å². The van der Waals surface area contributed by atoms with Crippen molar-refractivity contribution in [3.05, 3.63) is 24.2 Å². The molecule has 1 aromatic rings. The Bertz CT molecular complexity index is 254. The zero-order valence-electron chi connectivity index (χ0n) is 7.33. The predicted octanol–water partition coefficient (Wildman–Crippen LogP) is 1.68. The Labute approximate surface area is 71.7 Å². The summed E-state index contributed by atoms with van der Waals surface area (Å²) >= 11 is 0. The van der Waals surface area contributed by atoms with Crippen molar-refractivity contribution in [3.8, 4) is 0 Å². The van der Waals surface area contributed by atoms with Crippen LogP contribution in [0.5, 0.6) is 0 Å². The molecule has 1 N–H and O–H groups in total. The minimum Gasteiger partial charge on any atom is -0.465 e. The SMILES string of the molecule is CC1(C)CNC(c2ccco2)O1. The molecule has 3 nitrogen and oxygen atoms in total. The first kappa shape index (κ1) is 7.83. The number of ether oxygens (including phenoxy) is 1. The van der Waals surface area contributed by atoms with Crippen LogP contribution >= 0.6 is 0 Å². The molecule has 1 aliphatic heterocycles. The highest BCUT2D eigenvalue weighted by molar-refractivity contribution is 5.04. The molecule has 1 unspecified atom stereocenters. The molecule has 12 heavy (non-hydrogen) atoms. The Morgan fingerprint density at radius 2 is 2.42 bits per heavy atom. The normalized spacial score (nSPS) is 27.7. The first-order valence-electron chi connectivity index (χ1n) is 4.12. The highest BCUT2D eigenvalue weighted by Crippen LogP contribution is 2.27. The topological polar surface area (TPSA) is 34.4 Å². The number of hydrogen-bond donors (Lipinski definition) is 1. The highest BCUT2D eigenvalue weighted by Gasteiger charge is 2.33. The second-order valence-electron chi connectivity index (χ2n) is 3.65. The van der Waals surface area contributed by atoms with Crippen LogP contribution in [0.25, 0.3) is 0 Å². The van der Waals surface area contributed by atoms with Gasteiger partial charge in [0.15, 0.2) is 6.23 Å². The van der Waals surface area contributed by atoms with Gasteiger partial charge in [0.25, 0.3) is 0 Å². The van der Waals surface area contributed by atoms with Gasteiger partial charge in [-0.3, -0.25) is 5.32 Å². The van der Waals surface area contributed by atoms with E-state index in [1.807, 2.05) is 12.1 Å². The van der Waals surface area contributed by atoms with Crippen LogP contribution in [0, 0.1) is 0 Å². The summed E-state index contributed by atoms with van der Waals surface area (Å²) < 4.78 is 10.9. The van der Waals surface area contributed by atoms with Gasteiger partial charge in [-0.15, -0.1) is 0 Å². The number of hydrogen-bond acceptors (Lipinski definition) is 3. The molecule has 0 amide bonds. The van der Waals surface area contributed by atoms with Crippen molar-refractivity contribution in [2.45, 2.75) is 25.7 Å². The second-order valence-corrected chi connectivity index (χ2v) is 3.65. The zero-order chi connectivity index (χ0) is 8.60. The molecule has 0 aliphatic carbocycles. The molecule has 0 saturated carbocycles. The minimum absolute atomic E-state index is 0.0741. The number of rotatable bonds is 1.